The highest BCUT2D eigenvalue weighted by Gasteiger charge is 2.24. The number of rotatable bonds is 4. The second kappa shape index (κ2) is 8.34. The van der Waals surface area contributed by atoms with Crippen molar-refractivity contribution in [2.75, 3.05) is 18.0 Å². The van der Waals surface area contributed by atoms with Gasteiger partial charge in [0.2, 0.25) is 0 Å². The summed E-state index contributed by atoms with van der Waals surface area (Å²) in [4.78, 5) is 19.3. The molecule has 0 spiro atoms. The number of hydrogen-bond acceptors (Lipinski definition) is 6. The molecule has 0 atom stereocenters. The number of aryl methyl sites for hydroxylation is 1. The van der Waals surface area contributed by atoms with Gasteiger partial charge in [0.15, 0.2) is 0 Å². The number of hydrogen-bond donors (Lipinski definition) is 0. The first-order valence-electron chi connectivity index (χ1n) is 10.2. The van der Waals surface area contributed by atoms with E-state index in [1.807, 2.05) is 12.1 Å². The van der Waals surface area contributed by atoms with Gasteiger partial charge in [0.05, 0.1) is 10.5 Å². The number of nitro groups is 1. The predicted molar refractivity (Wildman–Crippen MR) is 117 cm³/mol. The van der Waals surface area contributed by atoms with E-state index in [2.05, 4.69) is 22.9 Å². The topological polar surface area (TPSA) is 82.5 Å². The Morgan fingerprint density at radius 1 is 1.31 bits per heavy atom. The van der Waals surface area contributed by atoms with Gasteiger partial charge < -0.3 is 4.90 Å². The summed E-state index contributed by atoms with van der Waals surface area (Å²) in [5.41, 5.74) is 3.31. The molecule has 2 aromatic rings. The number of thiophene rings is 1. The number of fused-ring (bicyclic) bond motifs is 1. The van der Waals surface area contributed by atoms with Crippen molar-refractivity contribution in [3.63, 3.8) is 0 Å². The monoisotopic (exact) mass is 408 g/mol. The summed E-state index contributed by atoms with van der Waals surface area (Å²) in [5, 5.41) is 22.0. The number of nitro benzene ring substituents is 1. The van der Waals surface area contributed by atoms with Gasteiger partial charge in [-0.1, -0.05) is 13.0 Å². The van der Waals surface area contributed by atoms with Crippen LogP contribution in [0.3, 0.4) is 0 Å². The van der Waals surface area contributed by atoms with Gasteiger partial charge in [0.1, 0.15) is 16.8 Å². The molecule has 1 saturated heterocycles. The molecule has 2 heterocycles. The summed E-state index contributed by atoms with van der Waals surface area (Å²) >= 11 is 1.58. The van der Waals surface area contributed by atoms with Crippen LogP contribution in [0.15, 0.2) is 23.2 Å². The van der Waals surface area contributed by atoms with Crippen LogP contribution in [0.5, 0.6) is 0 Å². The van der Waals surface area contributed by atoms with Crippen LogP contribution in [0.1, 0.15) is 54.2 Å². The minimum atomic E-state index is -0.310. The fraction of sp³-hybridized carbons (Fsp3) is 0.455. The van der Waals surface area contributed by atoms with E-state index >= 15 is 0 Å². The van der Waals surface area contributed by atoms with Gasteiger partial charge in [-0.15, -0.1) is 11.3 Å². The van der Waals surface area contributed by atoms with Gasteiger partial charge in [0.25, 0.3) is 5.69 Å². The van der Waals surface area contributed by atoms with Crippen LogP contribution in [0.2, 0.25) is 0 Å². The molecule has 0 unspecified atom stereocenters. The van der Waals surface area contributed by atoms with Crippen LogP contribution in [0, 0.1) is 27.4 Å². The van der Waals surface area contributed by atoms with Gasteiger partial charge in [-0.3, -0.25) is 10.1 Å². The Morgan fingerprint density at radius 2 is 2.07 bits per heavy atom. The molecule has 2 aliphatic rings. The molecule has 150 valence electrons. The highest BCUT2D eigenvalue weighted by atomic mass is 32.1. The first-order chi connectivity index (χ1) is 14.1. The lowest BCUT2D eigenvalue weighted by molar-refractivity contribution is -0.384. The third-order valence-corrected chi connectivity index (χ3v) is 7.12. The summed E-state index contributed by atoms with van der Waals surface area (Å²) < 4.78 is 0. The van der Waals surface area contributed by atoms with Crippen molar-refractivity contribution >= 4 is 33.9 Å². The molecule has 1 aliphatic heterocycles. The molecule has 0 saturated carbocycles. The van der Waals surface area contributed by atoms with Crippen molar-refractivity contribution in [1.29, 1.82) is 5.26 Å². The van der Waals surface area contributed by atoms with Crippen LogP contribution in [-0.2, 0) is 12.8 Å². The van der Waals surface area contributed by atoms with Crippen molar-refractivity contribution in [2.45, 2.75) is 45.4 Å². The lowest BCUT2D eigenvalue weighted by Crippen LogP contribution is -2.33. The zero-order valence-corrected chi connectivity index (χ0v) is 17.4. The van der Waals surface area contributed by atoms with E-state index in [1.54, 1.807) is 23.6 Å². The molecule has 6 nitrogen and oxygen atoms in total. The van der Waals surface area contributed by atoms with Crippen molar-refractivity contribution < 1.29 is 4.92 Å². The first kappa shape index (κ1) is 19.6. The van der Waals surface area contributed by atoms with E-state index in [-0.39, 0.29) is 10.6 Å². The summed E-state index contributed by atoms with van der Waals surface area (Å²) in [7, 11) is 0. The van der Waals surface area contributed by atoms with Gasteiger partial charge in [-0.05, 0) is 61.6 Å². The molecule has 7 heteroatoms. The van der Waals surface area contributed by atoms with Gasteiger partial charge in [0, 0.05) is 30.2 Å². The number of aliphatic imine (C=N–C) groups is 1. The van der Waals surface area contributed by atoms with E-state index in [9.17, 15) is 15.4 Å². The van der Waals surface area contributed by atoms with E-state index in [1.165, 1.54) is 4.88 Å². The standard InChI is InChI=1S/C22H24N4O2S/c1-15-8-10-25(11-9-15)19-7-6-16(12-20(19)26(27)28)14-24-22-18(13-23)17-4-2-3-5-21(17)29-22/h6-7,12,14-15H,2-5,8-11H2,1H3/b24-14+. The fourth-order valence-corrected chi connectivity index (χ4v) is 5.36. The number of anilines is 1. The average Bonchev–Trinajstić information content (AvgIpc) is 3.10. The maximum Gasteiger partial charge on any atom is 0.293 e. The average molecular weight is 409 g/mol. The third kappa shape index (κ3) is 4.03. The fourth-order valence-electron chi connectivity index (χ4n) is 4.17. The molecule has 0 radical (unpaired) electrons. The van der Waals surface area contributed by atoms with Crippen molar-refractivity contribution in [3.8, 4) is 6.07 Å². The first-order valence-corrected chi connectivity index (χ1v) is 11.0. The number of nitriles is 1. The quantitative estimate of drug-likeness (QED) is 0.385. The van der Waals surface area contributed by atoms with Gasteiger partial charge in [-0.2, -0.15) is 5.26 Å². The Bertz CT molecular complexity index is 997. The second-order valence-corrected chi connectivity index (χ2v) is 9.02. The van der Waals surface area contributed by atoms with Crippen molar-refractivity contribution in [1.82, 2.24) is 0 Å². The van der Waals surface area contributed by atoms with E-state index in [0.29, 0.717) is 22.7 Å². The van der Waals surface area contributed by atoms with Crippen LogP contribution in [-0.4, -0.2) is 24.2 Å². The van der Waals surface area contributed by atoms with E-state index in [4.69, 9.17) is 0 Å². The van der Waals surface area contributed by atoms with E-state index in [0.717, 1.165) is 62.2 Å². The Kier molecular flexibility index (Phi) is 5.63. The molecule has 0 amide bonds. The molecule has 29 heavy (non-hydrogen) atoms. The second-order valence-electron chi connectivity index (χ2n) is 7.94. The Morgan fingerprint density at radius 3 is 2.79 bits per heavy atom. The zero-order chi connectivity index (χ0) is 20.4. The molecule has 1 aromatic heterocycles. The van der Waals surface area contributed by atoms with Crippen LogP contribution in [0.25, 0.3) is 0 Å². The summed E-state index contributed by atoms with van der Waals surface area (Å²) in [6, 6.07) is 7.61. The molecular formula is C22H24N4O2S. The lowest BCUT2D eigenvalue weighted by Gasteiger charge is -2.31. The van der Waals surface area contributed by atoms with Gasteiger partial charge >= 0.3 is 0 Å². The summed E-state index contributed by atoms with van der Waals surface area (Å²) in [6.07, 6.45) is 7.99. The number of piperidine rings is 1. The third-order valence-electron chi connectivity index (χ3n) is 5.92. The van der Waals surface area contributed by atoms with Crippen molar-refractivity contribution in [3.05, 3.63) is 49.9 Å². The lowest BCUT2D eigenvalue weighted by atomic mass is 9.96. The van der Waals surface area contributed by atoms with Gasteiger partial charge in [-0.25, -0.2) is 4.99 Å². The Labute approximate surface area is 174 Å². The molecule has 1 fully saturated rings. The predicted octanol–water partition coefficient (Wildman–Crippen LogP) is 5.39. The molecule has 0 bridgehead atoms. The minimum absolute atomic E-state index is 0.120. The minimum Gasteiger partial charge on any atom is -0.366 e. The number of nitrogens with zero attached hydrogens (tertiary/aromatic N) is 4. The van der Waals surface area contributed by atoms with E-state index < -0.39 is 0 Å². The zero-order valence-electron chi connectivity index (χ0n) is 16.6. The van der Waals surface area contributed by atoms with Crippen LogP contribution in [0.4, 0.5) is 16.4 Å². The Balaban J connectivity index is 1.61. The van der Waals surface area contributed by atoms with Crippen molar-refractivity contribution in [2.24, 2.45) is 10.9 Å². The van der Waals surface area contributed by atoms with Crippen LogP contribution < -0.4 is 4.90 Å². The largest absolute Gasteiger partial charge is 0.366 e. The number of benzene rings is 1. The summed E-state index contributed by atoms with van der Waals surface area (Å²) in [5.74, 6) is 0.669. The maximum atomic E-state index is 11.7. The highest BCUT2D eigenvalue weighted by Crippen LogP contribution is 2.39. The smallest absolute Gasteiger partial charge is 0.293 e. The SMILES string of the molecule is CC1CCN(c2ccc(/C=N/c3sc4c(c3C#N)CCCC4)cc2[N+](=O)[O-])CC1. The molecule has 4 rings (SSSR count). The Hall–Kier alpha value is -2.72. The molecule has 1 aliphatic carbocycles. The molecule has 1 aromatic carbocycles. The molecule has 0 N–H and O–H groups in total. The maximum absolute atomic E-state index is 11.7. The van der Waals surface area contributed by atoms with Crippen LogP contribution >= 0.6 is 11.3 Å². The summed E-state index contributed by atoms with van der Waals surface area (Å²) in [6.45, 7) is 3.92. The normalized spacial score (nSPS) is 17.3. The molecular weight excluding hydrogens is 384 g/mol. The highest BCUT2D eigenvalue weighted by molar-refractivity contribution is 7.16.